The second kappa shape index (κ2) is 6.14. The fourth-order valence-corrected chi connectivity index (χ4v) is 1.18. The number of nitrogens with zero attached hydrogens (tertiary/aromatic N) is 1. The number of nitrogens with one attached hydrogen (secondary N) is 1. The summed E-state index contributed by atoms with van der Waals surface area (Å²) >= 11 is 0. The van der Waals surface area contributed by atoms with Gasteiger partial charge in [0.15, 0.2) is 0 Å². The van der Waals surface area contributed by atoms with Gasteiger partial charge < -0.3 is 10.4 Å². The monoisotopic (exact) mass is 278 g/mol. The smallest absolute Gasteiger partial charge is 0.305 e. The molecular formula is C10H9F3N2O4. The number of hydrogen-bond acceptors (Lipinski definition) is 4. The van der Waals surface area contributed by atoms with E-state index in [1.807, 2.05) is 5.32 Å². The molecule has 0 aliphatic rings. The second-order valence-corrected chi connectivity index (χ2v) is 3.54. The van der Waals surface area contributed by atoms with Crippen LogP contribution >= 0.6 is 0 Å². The minimum absolute atomic E-state index is 0.269. The second-order valence-electron chi connectivity index (χ2n) is 3.54. The number of aliphatic hydroxyl groups excluding tert-OH is 1. The summed E-state index contributed by atoms with van der Waals surface area (Å²) in [5, 5.41) is 21.2. The van der Waals surface area contributed by atoms with Crippen molar-refractivity contribution in [1.29, 1.82) is 0 Å². The van der Waals surface area contributed by atoms with Crippen molar-refractivity contribution in [1.82, 2.24) is 5.32 Å². The van der Waals surface area contributed by atoms with E-state index in [1.165, 1.54) is 0 Å². The minimum Gasteiger partial charge on any atom is -0.385 e. The molecule has 104 valence electrons. The van der Waals surface area contributed by atoms with Crippen LogP contribution in [0.5, 0.6) is 0 Å². The number of hydrogen-bond donors (Lipinski definition) is 2. The Morgan fingerprint density at radius 2 is 2.11 bits per heavy atom. The maximum absolute atomic E-state index is 13.0. The van der Waals surface area contributed by atoms with Crippen LogP contribution in [0.25, 0.3) is 0 Å². The molecule has 0 radical (unpaired) electrons. The van der Waals surface area contributed by atoms with Crippen LogP contribution in [0.15, 0.2) is 18.2 Å². The molecule has 1 amide bonds. The molecule has 0 bridgehead atoms. The quantitative estimate of drug-likeness (QED) is 0.623. The third-order valence-electron chi connectivity index (χ3n) is 2.17. The van der Waals surface area contributed by atoms with Crippen molar-refractivity contribution in [2.24, 2.45) is 0 Å². The van der Waals surface area contributed by atoms with Gasteiger partial charge in [-0.15, -0.1) is 0 Å². The first kappa shape index (κ1) is 14.9. The molecule has 1 atom stereocenters. The highest BCUT2D eigenvalue weighted by Crippen LogP contribution is 2.18. The Morgan fingerprint density at radius 1 is 1.47 bits per heavy atom. The number of carbonyl (C=O) groups excluding carboxylic acids is 1. The van der Waals surface area contributed by atoms with Gasteiger partial charge in [-0.05, 0) is 12.1 Å². The average Bonchev–Trinajstić information content (AvgIpc) is 2.35. The number of rotatable bonds is 5. The van der Waals surface area contributed by atoms with E-state index < -0.39 is 41.4 Å². The summed E-state index contributed by atoms with van der Waals surface area (Å²) in [7, 11) is 0. The Balaban J connectivity index is 2.78. The molecule has 0 saturated heterocycles. The summed E-state index contributed by atoms with van der Waals surface area (Å²) in [5.41, 5.74) is -1.17. The van der Waals surface area contributed by atoms with Gasteiger partial charge in [0.05, 0.1) is 4.92 Å². The molecule has 0 aromatic heterocycles. The van der Waals surface area contributed by atoms with Crippen LogP contribution in [0.1, 0.15) is 10.4 Å². The lowest BCUT2D eigenvalue weighted by Crippen LogP contribution is -2.35. The first-order valence-electron chi connectivity index (χ1n) is 5.01. The van der Waals surface area contributed by atoms with Crippen LogP contribution in [0.3, 0.4) is 0 Å². The summed E-state index contributed by atoms with van der Waals surface area (Å²) in [6.45, 7) is -0.721. The largest absolute Gasteiger partial charge is 0.385 e. The van der Waals surface area contributed by atoms with Gasteiger partial charge in [0.25, 0.3) is 12.3 Å². The van der Waals surface area contributed by atoms with E-state index in [-0.39, 0.29) is 5.56 Å². The van der Waals surface area contributed by atoms with E-state index in [0.717, 1.165) is 12.1 Å². The Bertz CT molecular complexity index is 496. The summed E-state index contributed by atoms with van der Waals surface area (Å²) in [6, 6.07) is 2.36. The third kappa shape index (κ3) is 3.91. The first-order chi connectivity index (χ1) is 8.82. The van der Waals surface area contributed by atoms with E-state index in [9.17, 15) is 28.1 Å². The highest BCUT2D eigenvalue weighted by Gasteiger charge is 2.20. The number of carbonyl (C=O) groups is 1. The van der Waals surface area contributed by atoms with E-state index in [0.29, 0.717) is 6.07 Å². The minimum atomic E-state index is -3.03. The molecular weight excluding hydrogens is 269 g/mol. The van der Waals surface area contributed by atoms with Crippen LogP contribution in [0.4, 0.5) is 18.9 Å². The molecule has 0 fully saturated rings. The molecule has 0 saturated carbocycles. The molecule has 0 aliphatic carbocycles. The normalized spacial score (nSPS) is 12.3. The molecule has 2 N–H and O–H groups in total. The molecule has 0 heterocycles. The van der Waals surface area contributed by atoms with Crippen molar-refractivity contribution in [2.75, 3.05) is 6.54 Å². The van der Waals surface area contributed by atoms with Crippen LogP contribution in [0, 0.1) is 15.9 Å². The number of nitro benzene ring substituents is 1. The Hall–Kier alpha value is -2.16. The summed E-state index contributed by atoms with van der Waals surface area (Å²) in [4.78, 5) is 20.9. The van der Waals surface area contributed by atoms with Crippen molar-refractivity contribution in [3.05, 3.63) is 39.7 Å². The molecule has 9 heteroatoms. The maximum Gasteiger partial charge on any atom is 0.305 e. The lowest BCUT2D eigenvalue weighted by atomic mass is 10.2. The maximum atomic E-state index is 13.0. The zero-order valence-electron chi connectivity index (χ0n) is 9.35. The standard InChI is InChI=1S/C10H9F3N2O4/c11-6-2-1-5(3-7(6)15(18)19)10(17)14-4-8(16)9(12)13/h1-3,8-9,16H,4H2,(H,14,17). The number of benzene rings is 1. The van der Waals surface area contributed by atoms with Crippen LogP contribution in [-0.2, 0) is 0 Å². The number of aliphatic hydroxyl groups is 1. The van der Waals surface area contributed by atoms with Crippen molar-refractivity contribution in [2.45, 2.75) is 12.5 Å². The van der Waals surface area contributed by atoms with Crippen LogP contribution < -0.4 is 5.32 Å². The molecule has 1 aromatic carbocycles. The average molecular weight is 278 g/mol. The lowest BCUT2D eigenvalue weighted by Gasteiger charge is -2.10. The molecule has 19 heavy (non-hydrogen) atoms. The van der Waals surface area contributed by atoms with Gasteiger partial charge in [0, 0.05) is 18.2 Å². The zero-order chi connectivity index (χ0) is 14.6. The van der Waals surface area contributed by atoms with Gasteiger partial charge in [-0.1, -0.05) is 0 Å². The highest BCUT2D eigenvalue weighted by molar-refractivity contribution is 5.94. The van der Waals surface area contributed by atoms with Gasteiger partial charge in [-0.2, -0.15) is 4.39 Å². The van der Waals surface area contributed by atoms with Crippen molar-refractivity contribution < 1.29 is 28.0 Å². The SMILES string of the molecule is O=C(NCC(O)C(F)F)c1ccc(F)c([N+](=O)[O-])c1. The fraction of sp³-hybridized carbons (Fsp3) is 0.300. The molecule has 0 aliphatic heterocycles. The molecule has 1 aromatic rings. The van der Waals surface area contributed by atoms with E-state index >= 15 is 0 Å². The number of alkyl halides is 2. The van der Waals surface area contributed by atoms with Crippen molar-refractivity contribution in [3.63, 3.8) is 0 Å². The van der Waals surface area contributed by atoms with Gasteiger partial charge in [0.2, 0.25) is 5.82 Å². The summed E-state index contributed by atoms with van der Waals surface area (Å²) in [5.74, 6) is -2.04. The zero-order valence-corrected chi connectivity index (χ0v) is 9.35. The van der Waals surface area contributed by atoms with Gasteiger partial charge >= 0.3 is 5.69 Å². The first-order valence-corrected chi connectivity index (χ1v) is 5.01. The van der Waals surface area contributed by atoms with Crippen LogP contribution in [-0.4, -0.2) is 35.0 Å². The molecule has 0 spiro atoms. The number of amides is 1. The Labute approximate surface area is 105 Å². The highest BCUT2D eigenvalue weighted by atomic mass is 19.3. The van der Waals surface area contributed by atoms with Gasteiger partial charge in [-0.25, -0.2) is 8.78 Å². The molecule has 1 unspecified atom stereocenters. The van der Waals surface area contributed by atoms with Gasteiger partial charge in [0.1, 0.15) is 6.10 Å². The summed E-state index contributed by atoms with van der Waals surface area (Å²) in [6.07, 6.45) is -5.07. The predicted octanol–water partition coefficient (Wildman–Crippen LogP) is 1.09. The fourth-order valence-electron chi connectivity index (χ4n) is 1.18. The van der Waals surface area contributed by atoms with E-state index in [4.69, 9.17) is 5.11 Å². The number of halogens is 3. The number of nitro groups is 1. The lowest BCUT2D eigenvalue weighted by molar-refractivity contribution is -0.387. The van der Waals surface area contributed by atoms with Crippen molar-refractivity contribution >= 4 is 11.6 Å². The third-order valence-corrected chi connectivity index (χ3v) is 2.17. The van der Waals surface area contributed by atoms with Crippen LogP contribution in [0.2, 0.25) is 0 Å². The van der Waals surface area contributed by atoms with E-state index in [1.54, 1.807) is 0 Å². The Kier molecular flexibility index (Phi) is 4.81. The topological polar surface area (TPSA) is 92.5 Å². The Morgan fingerprint density at radius 3 is 2.63 bits per heavy atom. The van der Waals surface area contributed by atoms with Gasteiger partial charge in [-0.3, -0.25) is 14.9 Å². The molecule has 6 nitrogen and oxygen atoms in total. The molecule has 1 rings (SSSR count). The van der Waals surface area contributed by atoms with E-state index in [2.05, 4.69) is 0 Å². The predicted molar refractivity (Wildman–Crippen MR) is 57.4 cm³/mol. The summed E-state index contributed by atoms with van der Waals surface area (Å²) < 4.78 is 36.9. The van der Waals surface area contributed by atoms with Crippen molar-refractivity contribution in [3.8, 4) is 0 Å².